The molecular weight excluding hydrogens is 252 g/mol. The molecule has 0 unspecified atom stereocenters. The van der Waals surface area contributed by atoms with Crippen LogP contribution in [0.25, 0.3) is 0 Å². The van der Waals surface area contributed by atoms with Crippen molar-refractivity contribution >= 4 is 23.2 Å². The quantitative estimate of drug-likeness (QED) is 0.859. The van der Waals surface area contributed by atoms with Crippen molar-refractivity contribution in [3.05, 3.63) is 29.3 Å². The standard InChI is InChI=1S/C13H17ClN2O2/c14-10-3-1-4-11(7-10)16-13(17)9-15-8-12-5-2-6-18-12/h1,3-4,7,12,15H,2,5-6,8-9H2,(H,16,17)/t12-/m0/s1. The van der Waals surface area contributed by atoms with Crippen molar-refractivity contribution in [1.29, 1.82) is 0 Å². The molecule has 0 saturated carbocycles. The highest BCUT2D eigenvalue weighted by atomic mass is 35.5. The van der Waals surface area contributed by atoms with E-state index in [1.807, 2.05) is 6.07 Å². The van der Waals surface area contributed by atoms with Crippen molar-refractivity contribution in [3.63, 3.8) is 0 Å². The van der Waals surface area contributed by atoms with Crippen LogP contribution in [0.1, 0.15) is 12.8 Å². The number of halogens is 1. The van der Waals surface area contributed by atoms with Crippen molar-refractivity contribution in [2.24, 2.45) is 0 Å². The minimum atomic E-state index is -0.0738. The van der Waals surface area contributed by atoms with Crippen molar-refractivity contribution < 1.29 is 9.53 Å². The van der Waals surface area contributed by atoms with Gasteiger partial charge in [-0.3, -0.25) is 4.79 Å². The van der Waals surface area contributed by atoms with Gasteiger partial charge in [0.1, 0.15) is 0 Å². The third kappa shape index (κ3) is 4.29. The van der Waals surface area contributed by atoms with Crippen LogP contribution in [-0.2, 0) is 9.53 Å². The first-order valence-electron chi connectivity index (χ1n) is 6.12. The molecule has 5 heteroatoms. The first-order valence-corrected chi connectivity index (χ1v) is 6.49. The maximum atomic E-state index is 11.6. The maximum Gasteiger partial charge on any atom is 0.238 e. The molecule has 18 heavy (non-hydrogen) atoms. The highest BCUT2D eigenvalue weighted by Gasteiger charge is 2.15. The Morgan fingerprint density at radius 2 is 2.39 bits per heavy atom. The molecule has 0 aromatic heterocycles. The summed E-state index contributed by atoms with van der Waals surface area (Å²) in [6.45, 7) is 1.84. The molecule has 1 aromatic carbocycles. The van der Waals surface area contributed by atoms with Crippen molar-refractivity contribution in [1.82, 2.24) is 5.32 Å². The molecule has 1 amide bonds. The van der Waals surface area contributed by atoms with Crippen LogP contribution in [0.3, 0.4) is 0 Å². The van der Waals surface area contributed by atoms with Crippen LogP contribution in [-0.4, -0.2) is 31.7 Å². The summed E-state index contributed by atoms with van der Waals surface area (Å²) in [4.78, 5) is 11.6. The predicted molar refractivity (Wildman–Crippen MR) is 71.9 cm³/mol. The fourth-order valence-electron chi connectivity index (χ4n) is 1.92. The van der Waals surface area contributed by atoms with Gasteiger partial charge in [0.05, 0.1) is 12.6 Å². The lowest BCUT2D eigenvalue weighted by Crippen LogP contribution is -2.33. The lowest BCUT2D eigenvalue weighted by molar-refractivity contribution is -0.115. The molecule has 1 heterocycles. The van der Waals surface area contributed by atoms with E-state index in [2.05, 4.69) is 10.6 Å². The van der Waals surface area contributed by atoms with Crippen LogP contribution in [0.4, 0.5) is 5.69 Å². The van der Waals surface area contributed by atoms with Gasteiger partial charge in [0.25, 0.3) is 0 Å². The minimum Gasteiger partial charge on any atom is -0.377 e. The molecule has 4 nitrogen and oxygen atoms in total. The molecule has 1 aliphatic heterocycles. The molecule has 98 valence electrons. The van der Waals surface area contributed by atoms with Crippen molar-refractivity contribution in [3.8, 4) is 0 Å². The van der Waals surface area contributed by atoms with E-state index in [-0.39, 0.29) is 18.6 Å². The first kappa shape index (κ1) is 13.3. The summed E-state index contributed by atoms with van der Waals surface area (Å²) in [6, 6.07) is 7.11. The van der Waals surface area contributed by atoms with E-state index >= 15 is 0 Å². The first-order chi connectivity index (χ1) is 8.74. The number of amides is 1. The Hall–Kier alpha value is -1.10. The third-order valence-electron chi connectivity index (χ3n) is 2.79. The summed E-state index contributed by atoms with van der Waals surface area (Å²) in [6.07, 6.45) is 2.44. The van der Waals surface area contributed by atoms with Gasteiger partial charge in [0.15, 0.2) is 0 Å². The predicted octanol–water partition coefficient (Wildman–Crippen LogP) is 2.05. The van der Waals surface area contributed by atoms with Crippen LogP contribution in [0.2, 0.25) is 5.02 Å². The zero-order valence-corrected chi connectivity index (χ0v) is 10.9. The van der Waals surface area contributed by atoms with Gasteiger partial charge in [0.2, 0.25) is 5.91 Å². The SMILES string of the molecule is O=C(CNC[C@@H]1CCCO1)Nc1cccc(Cl)c1. The van der Waals surface area contributed by atoms with Crippen LogP contribution >= 0.6 is 11.6 Å². The fourth-order valence-corrected chi connectivity index (χ4v) is 2.11. The van der Waals surface area contributed by atoms with Crippen LogP contribution < -0.4 is 10.6 Å². The van der Waals surface area contributed by atoms with Gasteiger partial charge in [-0.2, -0.15) is 0 Å². The van der Waals surface area contributed by atoms with Gasteiger partial charge >= 0.3 is 0 Å². The second-order valence-electron chi connectivity index (χ2n) is 4.32. The number of carbonyl (C=O) groups is 1. The number of anilines is 1. The molecule has 0 bridgehead atoms. The molecule has 2 N–H and O–H groups in total. The monoisotopic (exact) mass is 268 g/mol. The molecule has 1 atom stereocenters. The summed E-state index contributed by atoms with van der Waals surface area (Å²) in [7, 11) is 0. The Kier molecular flexibility index (Phi) is 4.99. The molecule has 1 saturated heterocycles. The number of carbonyl (C=O) groups excluding carboxylic acids is 1. The Bertz CT molecular complexity index is 406. The van der Waals surface area contributed by atoms with Gasteiger partial charge < -0.3 is 15.4 Å². The number of rotatable bonds is 5. The van der Waals surface area contributed by atoms with E-state index < -0.39 is 0 Å². The van der Waals surface area contributed by atoms with Gasteiger partial charge in [-0.05, 0) is 31.0 Å². The number of benzene rings is 1. The number of nitrogens with one attached hydrogen (secondary N) is 2. The highest BCUT2D eigenvalue weighted by Crippen LogP contribution is 2.14. The van der Waals surface area contributed by atoms with Gasteiger partial charge in [-0.1, -0.05) is 17.7 Å². The molecule has 1 aliphatic rings. The normalized spacial score (nSPS) is 18.8. The molecule has 1 aromatic rings. The molecule has 2 rings (SSSR count). The Labute approximate surface area is 112 Å². The van der Waals surface area contributed by atoms with E-state index in [1.54, 1.807) is 18.2 Å². The van der Waals surface area contributed by atoms with Crippen LogP contribution in [0.5, 0.6) is 0 Å². The number of ether oxygens (including phenoxy) is 1. The van der Waals surface area contributed by atoms with Gasteiger partial charge in [0, 0.05) is 23.9 Å². The summed E-state index contributed by atoms with van der Waals surface area (Å²) >= 11 is 5.84. The number of hydrogen-bond donors (Lipinski definition) is 2. The fraction of sp³-hybridized carbons (Fsp3) is 0.462. The zero-order chi connectivity index (χ0) is 12.8. The van der Waals surface area contributed by atoms with E-state index in [0.717, 1.165) is 26.0 Å². The molecule has 0 aliphatic carbocycles. The van der Waals surface area contributed by atoms with E-state index in [9.17, 15) is 4.79 Å². The third-order valence-corrected chi connectivity index (χ3v) is 3.03. The van der Waals surface area contributed by atoms with E-state index in [1.165, 1.54) is 0 Å². The average molecular weight is 269 g/mol. The smallest absolute Gasteiger partial charge is 0.238 e. The Morgan fingerprint density at radius 1 is 1.50 bits per heavy atom. The highest BCUT2D eigenvalue weighted by molar-refractivity contribution is 6.30. The molecule has 0 spiro atoms. The topological polar surface area (TPSA) is 50.4 Å². The second kappa shape index (κ2) is 6.73. The zero-order valence-electron chi connectivity index (χ0n) is 10.1. The average Bonchev–Trinajstić information content (AvgIpc) is 2.82. The van der Waals surface area contributed by atoms with Crippen molar-refractivity contribution in [2.45, 2.75) is 18.9 Å². The van der Waals surface area contributed by atoms with Crippen LogP contribution in [0.15, 0.2) is 24.3 Å². The summed E-state index contributed by atoms with van der Waals surface area (Å²) < 4.78 is 5.46. The summed E-state index contributed by atoms with van der Waals surface area (Å²) in [5.41, 5.74) is 0.714. The number of hydrogen-bond acceptors (Lipinski definition) is 3. The van der Waals surface area contributed by atoms with Gasteiger partial charge in [-0.25, -0.2) is 0 Å². The molecular formula is C13H17ClN2O2. The maximum absolute atomic E-state index is 11.6. The van der Waals surface area contributed by atoms with Gasteiger partial charge in [-0.15, -0.1) is 0 Å². The Balaban J connectivity index is 1.68. The van der Waals surface area contributed by atoms with E-state index in [4.69, 9.17) is 16.3 Å². The largest absolute Gasteiger partial charge is 0.377 e. The molecule has 0 radical (unpaired) electrons. The van der Waals surface area contributed by atoms with E-state index in [0.29, 0.717) is 10.7 Å². The van der Waals surface area contributed by atoms with Crippen LogP contribution in [0, 0.1) is 0 Å². The molecule has 1 fully saturated rings. The van der Waals surface area contributed by atoms with Crippen molar-refractivity contribution in [2.75, 3.05) is 25.0 Å². The summed E-state index contributed by atoms with van der Waals surface area (Å²) in [5, 5.41) is 6.48. The minimum absolute atomic E-state index is 0.0738. The summed E-state index contributed by atoms with van der Waals surface area (Å²) in [5.74, 6) is -0.0738. The second-order valence-corrected chi connectivity index (χ2v) is 4.76. The lowest BCUT2D eigenvalue weighted by Gasteiger charge is -2.10. The Morgan fingerprint density at radius 3 is 3.11 bits per heavy atom. The lowest BCUT2D eigenvalue weighted by atomic mass is 10.2.